The molecule has 2 heterocycles. The molecule has 4 N–H and O–H groups in total. The van der Waals surface area contributed by atoms with Crippen LogP contribution < -0.4 is 10.9 Å². The zero-order valence-corrected chi connectivity index (χ0v) is 13.9. The summed E-state index contributed by atoms with van der Waals surface area (Å²) in [4.78, 5) is 39.6. The second kappa shape index (κ2) is 7.16. The van der Waals surface area contributed by atoms with Crippen molar-refractivity contribution < 1.29 is 24.9 Å². The molecule has 3 aromatic rings. The first-order chi connectivity index (χ1) is 12.9. The lowest BCUT2D eigenvalue weighted by Gasteiger charge is -2.14. The minimum Gasteiger partial charge on any atom is -0.505 e. The summed E-state index contributed by atoms with van der Waals surface area (Å²) in [5, 5.41) is 30.8. The minimum absolute atomic E-state index is 0.0854. The van der Waals surface area contributed by atoms with Crippen molar-refractivity contribution in [3.8, 4) is 11.6 Å². The number of hydrogen-bond donors (Lipinski definition) is 4. The van der Waals surface area contributed by atoms with E-state index < -0.39 is 41.2 Å². The van der Waals surface area contributed by atoms with Gasteiger partial charge in [0.05, 0.1) is 12.1 Å². The van der Waals surface area contributed by atoms with Crippen molar-refractivity contribution >= 4 is 22.9 Å². The molecule has 0 aliphatic heterocycles. The van der Waals surface area contributed by atoms with Crippen LogP contribution in [0.3, 0.4) is 0 Å². The van der Waals surface area contributed by atoms with Gasteiger partial charge in [0.2, 0.25) is 5.88 Å². The fourth-order valence-corrected chi connectivity index (χ4v) is 2.67. The average molecular weight is 369 g/mol. The fraction of sp³-hybridized carbons (Fsp3) is 0.111. The highest BCUT2D eigenvalue weighted by Crippen LogP contribution is 2.27. The summed E-state index contributed by atoms with van der Waals surface area (Å²) in [6.07, 6.45) is 0. The quantitative estimate of drug-likeness (QED) is 0.518. The molecule has 0 aliphatic carbocycles. The van der Waals surface area contributed by atoms with E-state index in [0.717, 1.165) is 5.56 Å². The second-order valence-electron chi connectivity index (χ2n) is 5.71. The maximum Gasteiger partial charge on any atom is 0.322 e. The predicted molar refractivity (Wildman–Crippen MR) is 94.8 cm³/mol. The summed E-state index contributed by atoms with van der Waals surface area (Å²) >= 11 is 0. The molecule has 9 heteroatoms. The largest absolute Gasteiger partial charge is 0.505 e. The Morgan fingerprint density at radius 3 is 2.44 bits per heavy atom. The van der Waals surface area contributed by atoms with E-state index in [-0.39, 0.29) is 17.6 Å². The summed E-state index contributed by atoms with van der Waals surface area (Å²) in [6, 6.07) is 11.6. The highest BCUT2D eigenvalue weighted by molar-refractivity contribution is 6.02. The summed E-state index contributed by atoms with van der Waals surface area (Å²) < 4.78 is 1.23. The third kappa shape index (κ3) is 3.56. The maximum absolute atomic E-state index is 12.9. The van der Waals surface area contributed by atoms with Gasteiger partial charge < -0.3 is 25.2 Å². The fourth-order valence-electron chi connectivity index (χ4n) is 2.67. The van der Waals surface area contributed by atoms with Crippen LogP contribution in [0.25, 0.3) is 11.0 Å². The molecular formula is C18H15N3O6. The number of carboxylic acid groups (broad SMARTS) is 1. The van der Waals surface area contributed by atoms with Crippen LogP contribution in [0.1, 0.15) is 15.9 Å². The van der Waals surface area contributed by atoms with E-state index in [9.17, 15) is 24.6 Å². The number of nitrogens with zero attached hydrogens (tertiary/aromatic N) is 2. The number of fused-ring (bicyclic) bond motifs is 1. The molecule has 0 saturated carbocycles. The van der Waals surface area contributed by atoms with Crippen LogP contribution in [-0.2, 0) is 11.3 Å². The Morgan fingerprint density at radius 2 is 1.78 bits per heavy atom. The lowest BCUT2D eigenvalue weighted by molar-refractivity contribution is -0.135. The number of hydrogen-bond acceptors (Lipinski definition) is 6. The summed E-state index contributed by atoms with van der Waals surface area (Å²) in [5.74, 6) is -3.48. The van der Waals surface area contributed by atoms with Gasteiger partial charge in [-0.3, -0.25) is 14.4 Å². The van der Waals surface area contributed by atoms with Crippen molar-refractivity contribution in [1.29, 1.82) is 0 Å². The molecule has 138 valence electrons. The molecule has 0 aliphatic rings. The first-order valence-electron chi connectivity index (χ1n) is 7.88. The SMILES string of the molecule is O=C(O)CNC(=O)c1c(O)c2nc(O)ccc2n(Cc2ccccc2)c1=O. The van der Waals surface area contributed by atoms with E-state index in [1.807, 2.05) is 11.4 Å². The van der Waals surface area contributed by atoms with Crippen molar-refractivity contribution in [3.63, 3.8) is 0 Å². The van der Waals surface area contributed by atoms with E-state index in [2.05, 4.69) is 4.98 Å². The second-order valence-corrected chi connectivity index (χ2v) is 5.71. The van der Waals surface area contributed by atoms with Crippen LogP contribution >= 0.6 is 0 Å². The lowest BCUT2D eigenvalue weighted by Crippen LogP contribution is -2.36. The molecule has 27 heavy (non-hydrogen) atoms. The lowest BCUT2D eigenvalue weighted by atomic mass is 10.1. The number of carboxylic acids is 1. The normalized spacial score (nSPS) is 10.7. The number of rotatable bonds is 5. The zero-order valence-electron chi connectivity index (χ0n) is 13.9. The third-order valence-corrected chi connectivity index (χ3v) is 3.88. The molecular weight excluding hydrogens is 354 g/mol. The summed E-state index contributed by atoms with van der Waals surface area (Å²) in [5.41, 5.74) is -0.617. The number of amides is 1. The van der Waals surface area contributed by atoms with Crippen molar-refractivity contribution in [3.05, 3.63) is 63.9 Å². The van der Waals surface area contributed by atoms with Gasteiger partial charge in [0.1, 0.15) is 17.6 Å². The molecule has 3 rings (SSSR count). The van der Waals surface area contributed by atoms with Crippen LogP contribution in [0.4, 0.5) is 0 Å². The van der Waals surface area contributed by atoms with Crippen LogP contribution in [-0.4, -0.2) is 43.3 Å². The molecule has 0 fully saturated rings. The number of aromatic nitrogens is 2. The average Bonchev–Trinajstić information content (AvgIpc) is 2.64. The number of aromatic hydroxyl groups is 2. The molecule has 9 nitrogen and oxygen atoms in total. The van der Waals surface area contributed by atoms with Crippen molar-refractivity contribution in [2.75, 3.05) is 6.54 Å². The monoisotopic (exact) mass is 369 g/mol. The van der Waals surface area contributed by atoms with Crippen molar-refractivity contribution in [2.24, 2.45) is 0 Å². The van der Waals surface area contributed by atoms with Gasteiger partial charge in [0.15, 0.2) is 5.75 Å². The molecule has 0 spiro atoms. The van der Waals surface area contributed by atoms with Gasteiger partial charge in [-0.1, -0.05) is 30.3 Å². The Hall–Kier alpha value is -3.88. The zero-order chi connectivity index (χ0) is 19.6. The number of carbonyl (C=O) groups excluding carboxylic acids is 1. The van der Waals surface area contributed by atoms with Gasteiger partial charge in [0.25, 0.3) is 11.5 Å². The molecule has 1 amide bonds. The molecule has 0 atom stereocenters. The molecule has 0 bridgehead atoms. The molecule has 0 unspecified atom stereocenters. The molecule has 0 radical (unpaired) electrons. The Kier molecular flexibility index (Phi) is 4.75. The van der Waals surface area contributed by atoms with Crippen LogP contribution in [0.2, 0.25) is 0 Å². The van der Waals surface area contributed by atoms with Gasteiger partial charge in [0, 0.05) is 6.07 Å². The highest BCUT2D eigenvalue weighted by atomic mass is 16.4. The number of carbonyl (C=O) groups is 2. The van der Waals surface area contributed by atoms with Gasteiger partial charge in [-0.05, 0) is 11.6 Å². The summed E-state index contributed by atoms with van der Waals surface area (Å²) in [7, 11) is 0. The minimum atomic E-state index is -1.30. The Balaban J connectivity index is 2.22. The first-order valence-corrected chi connectivity index (χ1v) is 7.88. The van der Waals surface area contributed by atoms with E-state index in [1.54, 1.807) is 24.3 Å². The standard InChI is InChI=1S/C18H15N3O6/c22-12-7-6-11-15(20-12)16(25)14(17(26)19-8-13(23)24)18(27)21(11)9-10-4-2-1-3-5-10/h1-7,25H,8-9H2,(H,19,26)(H,20,22)(H,23,24). The first kappa shape index (κ1) is 17.9. The van der Waals surface area contributed by atoms with Gasteiger partial charge in [-0.15, -0.1) is 0 Å². The predicted octanol–water partition coefficient (Wildman–Crippen LogP) is 0.670. The number of pyridine rings is 2. The molecule has 1 aromatic carbocycles. The Morgan fingerprint density at radius 1 is 1.07 bits per heavy atom. The smallest absolute Gasteiger partial charge is 0.322 e. The molecule has 2 aromatic heterocycles. The van der Waals surface area contributed by atoms with Crippen LogP contribution in [0.15, 0.2) is 47.3 Å². The number of nitrogens with one attached hydrogen (secondary N) is 1. The van der Waals surface area contributed by atoms with Gasteiger partial charge >= 0.3 is 5.97 Å². The van der Waals surface area contributed by atoms with Gasteiger partial charge in [-0.25, -0.2) is 4.98 Å². The van der Waals surface area contributed by atoms with E-state index in [1.165, 1.54) is 16.7 Å². The van der Waals surface area contributed by atoms with Crippen LogP contribution in [0, 0.1) is 0 Å². The molecule has 0 saturated heterocycles. The Labute approximate surface area is 152 Å². The van der Waals surface area contributed by atoms with Crippen molar-refractivity contribution in [2.45, 2.75) is 6.54 Å². The topological polar surface area (TPSA) is 142 Å². The van der Waals surface area contributed by atoms with E-state index >= 15 is 0 Å². The summed E-state index contributed by atoms with van der Waals surface area (Å²) in [6.45, 7) is -0.635. The maximum atomic E-state index is 12.9. The number of aliphatic carboxylic acids is 1. The van der Waals surface area contributed by atoms with E-state index in [4.69, 9.17) is 5.11 Å². The highest BCUT2D eigenvalue weighted by Gasteiger charge is 2.23. The van der Waals surface area contributed by atoms with E-state index in [0.29, 0.717) is 0 Å². The van der Waals surface area contributed by atoms with Crippen LogP contribution in [0.5, 0.6) is 11.6 Å². The Bertz CT molecular complexity index is 1090. The number of benzene rings is 1. The third-order valence-electron chi connectivity index (χ3n) is 3.88. The van der Waals surface area contributed by atoms with Gasteiger partial charge in [-0.2, -0.15) is 0 Å². The van der Waals surface area contributed by atoms with Crippen molar-refractivity contribution in [1.82, 2.24) is 14.9 Å².